The monoisotopic (exact) mass is 332 g/mol. The molecule has 0 aliphatic heterocycles. The minimum Gasteiger partial charge on any atom is -0.392 e. The first-order chi connectivity index (χ1) is 10.9. The molecule has 23 heavy (non-hydrogen) atoms. The molecule has 2 rings (SSSR count). The predicted octanol–water partition coefficient (Wildman–Crippen LogP) is 4.22. The highest BCUT2D eigenvalue weighted by Crippen LogP contribution is 2.35. The van der Waals surface area contributed by atoms with Crippen LogP contribution in [0.25, 0.3) is 11.1 Å². The molecule has 0 heterocycles. The molecule has 0 aromatic heterocycles. The molecule has 2 aromatic carbocycles. The SMILES string of the molecule is CSc1ccc(/C(=C(/CO)c2cccc(F)c2)C(C)(C)O)cc1. The molecule has 0 saturated heterocycles. The summed E-state index contributed by atoms with van der Waals surface area (Å²) in [4.78, 5) is 1.11. The number of halogens is 1. The van der Waals surface area contributed by atoms with Crippen molar-refractivity contribution in [3.05, 3.63) is 65.5 Å². The number of aliphatic hydroxyl groups excluding tert-OH is 1. The van der Waals surface area contributed by atoms with Gasteiger partial charge in [0.1, 0.15) is 5.82 Å². The summed E-state index contributed by atoms with van der Waals surface area (Å²) in [6, 6.07) is 13.8. The topological polar surface area (TPSA) is 40.5 Å². The van der Waals surface area contributed by atoms with Crippen LogP contribution < -0.4 is 0 Å². The molecular formula is C19H21FO2S. The predicted molar refractivity (Wildman–Crippen MR) is 94.8 cm³/mol. The second kappa shape index (κ2) is 7.30. The van der Waals surface area contributed by atoms with E-state index in [1.54, 1.807) is 37.7 Å². The summed E-state index contributed by atoms with van der Waals surface area (Å²) >= 11 is 1.63. The molecule has 0 unspecified atom stereocenters. The van der Waals surface area contributed by atoms with Crippen LogP contribution in [0.3, 0.4) is 0 Å². The van der Waals surface area contributed by atoms with Crippen LogP contribution in [0.5, 0.6) is 0 Å². The molecule has 0 radical (unpaired) electrons. The van der Waals surface area contributed by atoms with Crippen molar-refractivity contribution in [2.75, 3.05) is 12.9 Å². The van der Waals surface area contributed by atoms with Crippen LogP contribution in [0, 0.1) is 5.82 Å². The van der Waals surface area contributed by atoms with Gasteiger partial charge >= 0.3 is 0 Å². The Labute approximate surface area is 140 Å². The molecule has 0 spiro atoms. The van der Waals surface area contributed by atoms with E-state index in [-0.39, 0.29) is 12.4 Å². The highest BCUT2D eigenvalue weighted by atomic mass is 32.2. The average Bonchev–Trinajstić information content (AvgIpc) is 2.51. The summed E-state index contributed by atoms with van der Waals surface area (Å²) in [6.07, 6.45) is 1.99. The summed E-state index contributed by atoms with van der Waals surface area (Å²) in [7, 11) is 0. The summed E-state index contributed by atoms with van der Waals surface area (Å²) in [5.74, 6) is -0.374. The first-order valence-electron chi connectivity index (χ1n) is 7.34. The Kier molecular flexibility index (Phi) is 5.63. The van der Waals surface area contributed by atoms with Crippen LogP contribution in [-0.4, -0.2) is 28.7 Å². The molecule has 0 bridgehead atoms. The van der Waals surface area contributed by atoms with E-state index in [9.17, 15) is 14.6 Å². The first kappa shape index (κ1) is 17.7. The fourth-order valence-corrected chi connectivity index (χ4v) is 3.05. The third kappa shape index (κ3) is 4.22. The lowest BCUT2D eigenvalue weighted by atomic mass is 9.85. The zero-order chi connectivity index (χ0) is 17.0. The van der Waals surface area contributed by atoms with E-state index in [4.69, 9.17) is 0 Å². The van der Waals surface area contributed by atoms with Gasteiger partial charge in [-0.25, -0.2) is 4.39 Å². The van der Waals surface area contributed by atoms with Crippen molar-refractivity contribution in [3.8, 4) is 0 Å². The van der Waals surface area contributed by atoms with Crippen LogP contribution in [0.4, 0.5) is 4.39 Å². The number of hydrogen-bond acceptors (Lipinski definition) is 3. The molecule has 2 N–H and O–H groups in total. The van der Waals surface area contributed by atoms with Crippen molar-refractivity contribution in [2.24, 2.45) is 0 Å². The van der Waals surface area contributed by atoms with E-state index in [1.807, 2.05) is 30.5 Å². The average molecular weight is 332 g/mol. The second-order valence-corrected chi connectivity index (χ2v) is 6.69. The fraction of sp³-hybridized carbons (Fsp3) is 0.263. The van der Waals surface area contributed by atoms with Gasteiger partial charge in [0.2, 0.25) is 0 Å². The molecule has 0 saturated carbocycles. The maximum Gasteiger partial charge on any atom is 0.123 e. The van der Waals surface area contributed by atoms with Crippen molar-refractivity contribution in [2.45, 2.75) is 24.3 Å². The van der Waals surface area contributed by atoms with E-state index in [0.29, 0.717) is 16.7 Å². The molecule has 0 aliphatic rings. The molecule has 0 atom stereocenters. The molecule has 0 aliphatic carbocycles. The second-order valence-electron chi connectivity index (χ2n) is 5.81. The van der Waals surface area contributed by atoms with Crippen molar-refractivity contribution in [1.82, 2.24) is 0 Å². The normalized spacial score (nSPS) is 13.0. The maximum absolute atomic E-state index is 13.6. The van der Waals surface area contributed by atoms with E-state index in [2.05, 4.69) is 0 Å². The van der Waals surface area contributed by atoms with Gasteiger partial charge in [0.15, 0.2) is 0 Å². The lowest BCUT2D eigenvalue weighted by Crippen LogP contribution is -2.23. The molecule has 122 valence electrons. The van der Waals surface area contributed by atoms with Gasteiger partial charge in [-0.1, -0.05) is 24.3 Å². The summed E-state index contributed by atoms with van der Waals surface area (Å²) < 4.78 is 13.6. The van der Waals surface area contributed by atoms with Crippen molar-refractivity contribution in [3.63, 3.8) is 0 Å². The number of hydrogen-bond donors (Lipinski definition) is 2. The fourth-order valence-electron chi connectivity index (χ4n) is 2.65. The van der Waals surface area contributed by atoms with Crippen LogP contribution in [0.1, 0.15) is 25.0 Å². The number of rotatable bonds is 5. The molecular weight excluding hydrogens is 311 g/mol. The van der Waals surface area contributed by atoms with Gasteiger partial charge in [-0.3, -0.25) is 0 Å². The lowest BCUT2D eigenvalue weighted by molar-refractivity contribution is 0.143. The number of aliphatic hydroxyl groups is 2. The number of benzene rings is 2. The molecule has 2 nitrogen and oxygen atoms in total. The lowest BCUT2D eigenvalue weighted by Gasteiger charge is -2.26. The summed E-state index contributed by atoms with van der Waals surface area (Å²) in [5, 5.41) is 20.5. The first-order valence-corrected chi connectivity index (χ1v) is 8.56. The Bertz CT molecular complexity index is 700. The standard InChI is InChI=1S/C19H21FO2S/c1-19(2,22)18(13-7-9-16(23-3)10-8-13)17(12-21)14-5-4-6-15(20)11-14/h4-11,21-22H,12H2,1-3H3/b18-17+. The van der Waals surface area contributed by atoms with Crippen LogP contribution >= 0.6 is 11.8 Å². The van der Waals surface area contributed by atoms with Gasteiger partial charge in [0.25, 0.3) is 0 Å². The highest BCUT2D eigenvalue weighted by Gasteiger charge is 2.25. The van der Waals surface area contributed by atoms with E-state index >= 15 is 0 Å². The summed E-state index contributed by atoms with van der Waals surface area (Å²) in [5.41, 5.74) is 1.32. The molecule has 4 heteroatoms. The summed E-state index contributed by atoms with van der Waals surface area (Å²) in [6.45, 7) is 3.05. The smallest absolute Gasteiger partial charge is 0.123 e. The zero-order valence-corrected chi connectivity index (χ0v) is 14.3. The molecule has 0 amide bonds. The van der Waals surface area contributed by atoms with Gasteiger partial charge < -0.3 is 10.2 Å². The van der Waals surface area contributed by atoms with Gasteiger partial charge in [-0.05, 0) is 66.6 Å². The van der Waals surface area contributed by atoms with Crippen LogP contribution in [0.2, 0.25) is 0 Å². The van der Waals surface area contributed by atoms with Crippen molar-refractivity contribution in [1.29, 1.82) is 0 Å². The van der Waals surface area contributed by atoms with Gasteiger partial charge in [0, 0.05) is 4.90 Å². The van der Waals surface area contributed by atoms with Crippen LogP contribution in [-0.2, 0) is 0 Å². The minimum absolute atomic E-state index is 0.285. The Morgan fingerprint density at radius 2 is 1.74 bits per heavy atom. The molecule has 2 aromatic rings. The third-order valence-electron chi connectivity index (χ3n) is 3.62. The Morgan fingerprint density at radius 3 is 2.22 bits per heavy atom. The molecule has 0 fully saturated rings. The van der Waals surface area contributed by atoms with Gasteiger partial charge in [0.05, 0.1) is 12.2 Å². The van der Waals surface area contributed by atoms with Gasteiger partial charge in [-0.2, -0.15) is 0 Å². The van der Waals surface area contributed by atoms with E-state index < -0.39 is 5.60 Å². The third-order valence-corrected chi connectivity index (χ3v) is 4.37. The minimum atomic E-state index is -1.18. The largest absolute Gasteiger partial charge is 0.392 e. The quantitative estimate of drug-likeness (QED) is 0.636. The Balaban J connectivity index is 2.67. The Hall–Kier alpha value is -1.62. The highest BCUT2D eigenvalue weighted by molar-refractivity contribution is 7.98. The van der Waals surface area contributed by atoms with E-state index in [0.717, 1.165) is 10.5 Å². The maximum atomic E-state index is 13.6. The van der Waals surface area contributed by atoms with Gasteiger partial charge in [-0.15, -0.1) is 11.8 Å². The zero-order valence-electron chi connectivity index (χ0n) is 13.5. The van der Waals surface area contributed by atoms with Crippen LogP contribution in [0.15, 0.2) is 53.4 Å². The number of thioether (sulfide) groups is 1. The van der Waals surface area contributed by atoms with Crippen molar-refractivity contribution >= 4 is 22.9 Å². The van der Waals surface area contributed by atoms with E-state index in [1.165, 1.54) is 12.1 Å². The van der Waals surface area contributed by atoms with Crippen molar-refractivity contribution < 1.29 is 14.6 Å². The Morgan fingerprint density at radius 1 is 1.09 bits per heavy atom.